The fourth-order valence-corrected chi connectivity index (χ4v) is 0.810. The summed E-state index contributed by atoms with van der Waals surface area (Å²) in [6.07, 6.45) is 4.41. The van der Waals surface area contributed by atoms with E-state index in [0.29, 0.717) is 0 Å². The topological polar surface area (TPSA) is 15.6 Å². The molecule has 0 amide bonds. The van der Waals surface area contributed by atoms with Crippen LogP contribution in [0.25, 0.3) is 0 Å². The lowest BCUT2D eigenvalue weighted by molar-refractivity contribution is 0.477. The molecule has 0 aliphatic heterocycles. The van der Waals surface area contributed by atoms with Crippen LogP contribution in [0, 0.1) is 0 Å². The average Bonchev–Trinajstić information content (AvgIpc) is 2.05. The normalized spacial score (nSPS) is 9.92. The Bertz CT molecular complexity index is 101. The van der Waals surface area contributed by atoms with Gasteiger partial charge in [0.2, 0.25) is 0 Å². The Morgan fingerprint density at radius 3 is 2.17 bits per heavy atom. The Hall–Kier alpha value is -0.240. The van der Waals surface area contributed by atoms with Crippen LogP contribution in [0.3, 0.4) is 0 Å². The number of hydrogen-bond donors (Lipinski definition) is 0. The molecule has 12 heavy (non-hydrogen) atoms. The van der Waals surface area contributed by atoms with Gasteiger partial charge in [0.25, 0.3) is 0 Å². The Balaban J connectivity index is 0. The molecule has 0 heterocycles. The summed E-state index contributed by atoms with van der Waals surface area (Å²) in [6, 6.07) is 0. The fourth-order valence-electron chi connectivity index (χ4n) is 0.810. The lowest BCUT2D eigenvalue weighted by atomic mass is 10.3. The molecule has 0 saturated carbocycles. The van der Waals surface area contributed by atoms with E-state index in [-0.39, 0.29) is 12.4 Å². The van der Waals surface area contributed by atoms with Crippen molar-refractivity contribution in [3.63, 3.8) is 0 Å². The lowest BCUT2D eigenvalue weighted by Crippen LogP contribution is -2.20. The standard InChI is InChI=1S/C9H20N2.ClH/c1-4-7-8-10-9-11(5-2)6-3;/h9H,4-8H2,1-3H3;1H. The summed E-state index contributed by atoms with van der Waals surface area (Å²) in [7, 11) is 0. The SMILES string of the molecule is CCCCN=CN(CC)CC.Cl. The van der Waals surface area contributed by atoms with E-state index in [1.54, 1.807) is 0 Å². The molecule has 0 rings (SSSR count). The van der Waals surface area contributed by atoms with Gasteiger partial charge in [-0.2, -0.15) is 0 Å². The molecule has 0 spiro atoms. The van der Waals surface area contributed by atoms with Gasteiger partial charge in [-0.15, -0.1) is 12.4 Å². The van der Waals surface area contributed by atoms with Gasteiger partial charge in [0.05, 0.1) is 6.34 Å². The zero-order valence-corrected chi connectivity index (χ0v) is 9.23. The summed E-state index contributed by atoms with van der Waals surface area (Å²) < 4.78 is 0. The highest BCUT2D eigenvalue weighted by Crippen LogP contribution is 1.87. The van der Waals surface area contributed by atoms with Crippen molar-refractivity contribution in [2.75, 3.05) is 19.6 Å². The Morgan fingerprint density at radius 2 is 1.75 bits per heavy atom. The van der Waals surface area contributed by atoms with Crippen LogP contribution in [0.15, 0.2) is 4.99 Å². The van der Waals surface area contributed by atoms with Crippen LogP contribution in [-0.4, -0.2) is 30.9 Å². The molecule has 2 nitrogen and oxygen atoms in total. The summed E-state index contributed by atoms with van der Waals surface area (Å²) in [5.74, 6) is 0. The molecule has 0 fully saturated rings. The number of nitrogens with zero attached hydrogens (tertiary/aromatic N) is 2. The van der Waals surface area contributed by atoms with E-state index in [4.69, 9.17) is 0 Å². The number of rotatable bonds is 6. The van der Waals surface area contributed by atoms with Gasteiger partial charge in [0.1, 0.15) is 0 Å². The number of halogens is 1. The molecule has 0 aliphatic carbocycles. The van der Waals surface area contributed by atoms with Crippen molar-refractivity contribution >= 4 is 18.7 Å². The Labute approximate surface area is 82.5 Å². The summed E-state index contributed by atoms with van der Waals surface area (Å²) in [4.78, 5) is 6.51. The molecule has 0 N–H and O–H groups in total. The van der Waals surface area contributed by atoms with Crippen molar-refractivity contribution in [2.24, 2.45) is 4.99 Å². The Kier molecular flexibility index (Phi) is 12.8. The van der Waals surface area contributed by atoms with Crippen molar-refractivity contribution in [2.45, 2.75) is 33.6 Å². The second-order valence-corrected chi connectivity index (χ2v) is 2.60. The third kappa shape index (κ3) is 7.86. The lowest BCUT2D eigenvalue weighted by Gasteiger charge is -2.13. The minimum Gasteiger partial charge on any atom is -0.364 e. The summed E-state index contributed by atoms with van der Waals surface area (Å²) >= 11 is 0. The minimum atomic E-state index is 0. The quantitative estimate of drug-likeness (QED) is 0.359. The van der Waals surface area contributed by atoms with Crippen LogP contribution in [0.2, 0.25) is 0 Å². The Morgan fingerprint density at radius 1 is 1.17 bits per heavy atom. The van der Waals surface area contributed by atoms with E-state index in [9.17, 15) is 0 Å². The van der Waals surface area contributed by atoms with E-state index in [0.717, 1.165) is 19.6 Å². The maximum absolute atomic E-state index is 4.30. The molecule has 0 aliphatic rings. The molecule has 0 aromatic heterocycles. The molecule has 0 radical (unpaired) electrons. The second kappa shape index (κ2) is 10.8. The number of unbranched alkanes of at least 4 members (excludes halogenated alkanes) is 1. The highest BCUT2D eigenvalue weighted by atomic mass is 35.5. The third-order valence-corrected chi connectivity index (χ3v) is 1.70. The van der Waals surface area contributed by atoms with Gasteiger partial charge >= 0.3 is 0 Å². The van der Waals surface area contributed by atoms with Gasteiger partial charge in [-0.05, 0) is 20.3 Å². The molecule has 0 unspecified atom stereocenters. The van der Waals surface area contributed by atoms with Crippen molar-refractivity contribution in [3.05, 3.63) is 0 Å². The van der Waals surface area contributed by atoms with E-state index in [1.807, 2.05) is 6.34 Å². The smallest absolute Gasteiger partial charge is 0.0849 e. The summed E-state index contributed by atoms with van der Waals surface area (Å²) in [5.41, 5.74) is 0. The predicted molar refractivity (Wildman–Crippen MR) is 58.4 cm³/mol. The van der Waals surface area contributed by atoms with Crippen LogP contribution >= 0.6 is 12.4 Å². The maximum Gasteiger partial charge on any atom is 0.0849 e. The van der Waals surface area contributed by atoms with Gasteiger partial charge in [-0.25, -0.2) is 0 Å². The first-order valence-electron chi connectivity index (χ1n) is 4.59. The van der Waals surface area contributed by atoms with Crippen molar-refractivity contribution in [1.82, 2.24) is 4.90 Å². The van der Waals surface area contributed by atoms with Crippen molar-refractivity contribution < 1.29 is 0 Å². The van der Waals surface area contributed by atoms with Gasteiger partial charge in [0, 0.05) is 19.6 Å². The van der Waals surface area contributed by atoms with Gasteiger partial charge < -0.3 is 4.90 Å². The third-order valence-electron chi connectivity index (χ3n) is 1.70. The zero-order valence-electron chi connectivity index (χ0n) is 8.42. The second-order valence-electron chi connectivity index (χ2n) is 2.60. The van der Waals surface area contributed by atoms with E-state index in [2.05, 4.69) is 30.7 Å². The van der Waals surface area contributed by atoms with E-state index in [1.165, 1.54) is 12.8 Å². The van der Waals surface area contributed by atoms with Crippen molar-refractivity contribution in [3.8, 4) is 0 Å². The van der Waals surface area contributed by atoms with Crippen LogP contribution in [0.5, 0.6) is 0 Å². The van der Waals surface area contributed by atoms with E-state index < -0.39 is 0 Å². The monoisotopic (exact) mass is 192 g/mol. The van der Waals surface area contributed by atoms with E-state index >= 15 is 0 Å². The predicted octanol–water partition coefficient (Wildman–Crippen LogP) is 2.58. The molecule has 0 aromatic carbocycles. The fraction of sp³-hybridized carbons (Fsp3) is 0.889. The van der Waals surface area contributed by atoms with Gasteiger partial charge in [0.15, 0.2) is 0 Å². The number of hydrogen-bond acceptors (Lipinski definition) is 1. The van der Waals surface area contributed by atoms with Gasteiger partial charge in [-0.3, -0.25) is 4.99 Å². The summed E-state index contributed by atoms with van der Waals surface area (Å²) in [6.45, 7) is 9.59. The van der Waals surface area contributed by atoms with Crippen LogP contribution in [-0.2, 0) is 0 Å². The van der Waals surface area contributed by atoms with Crippen LogP contribution < -0.4 is 0 Å². The summed E-state index contributed by atoms with van der Waals surface area (Å²) in [5, 5.41) is 0. The molecular formula is C9H21ClN2. The molecule has 0 bridgehead atoms. The average molecular weight is 193 g/mol. The highest BCUT2D eigenvalue weighted by molar-refractivity contribution is 5.85. The maximum atomic E-state index is 4.30. The first-order valence-corrected chi connectivity index (χ1v) is 4.59. The van der Waals surface area contributed by atoms with Crippen LogP contribution in [0.1, 0.15) is 33.6 Å². The number of aliphatic imine (C=N–C) groups is 1. The first-order chi connectivity index (χ1) is 5.35. The van der Waals surface area contributed by atoms with Crippen LogP contribution in [0.4, 0.5) is 0 Å². The van der Waals surface area contributed by atoms with Crippen molar-refractivity contribution in [1.29, 1.82) is 0 Å². The van der Waals surface area contributed by atoms with Gasteiger partial charge in [-0.1, -0.05) is 13.3 Å². The molecule has 0 saturated heterocycles. The molecule has 0 atom stereocenters. The molecule has 0 aromatic rings. The first kappa shape index (κ1) is 14.3. The molecular weight excluding hydrogens is 172 g/mol. The molecule has 3 heteroatoms. The highest BCUT2D eigenvalue weighted by Gasteiger charge is 1.88. The largest absolute Gasteiger partial charge is 0.364 e. The zero-order chi connectivity index (χ0) is 8.53. The molecule has 74 valence electrons. The minimum absolute atomic E-state index is 0.